The molecule has 1 aromatic rings. The molecule has 0 aromatic heterocycles. The number of likely N-dealkylation sites (N-methyl/N-ethyl adjacent to an activating group) is 1. The van der Waals surface area contributed by atoms with Crippen LogP contribution in [0.1, 0.15) is 0 Å². The number of ether oxygens (including phenoxy) is 1. The van der Waals surface area contributed by atoms with E-state index in [1.807, 2.05) is 0 Å². The second-order valence-corrected chi connectivity index (χ2v) is 6.61. The number of aliphatic hydroxyl groups excluding tert-OH is 1. The third-order valence-electron chi connectivity index (χ3n) is 2.73. The van der Waals surface area contributed by atoms with Crippen LogP contribution >= 0.6 is 0 Å². The molecule has 19 heavy (non-hydrogen) atoms. The first-order chi connectivity index (χ1) is 8.95. The highest BCUT2D eigenvalue weighted by atomic mass is 32.2. The second kappa shape index (κ2) is 7.59. The second-order valence-electron chi connectivity index (χ2n) is 4.50. The van der Waals surface area contributed by atoms with E-state index in [0.29, 0.717) is 18.0 Å². The fourth-order valence-corrected chi connectivity index (χ4v) is 3.08. The van der Waals surface area contributed by atoms with E-state index >= 15 is 0 Å². The molecule has 0 bridgehead atoms. The molecule has 1 aromatic carbocycles. The van der Waals surface area contributed by atoms with Gasteiger partial charge in [-0.15, -0.1) is 0 Å². The zero-order valence-corrected chi connectivity index (χ0v) is 12.1. The molecule has 0 radical (unpaired) electrons. The first kappa shape index (κ1) is 16.1. The largest absolute Gasteiger partial charge is 0.389 e. The van der Waals surface area contributed by atoms with E-state index in [4.69, 9.17) is 4.74 Å². The number of aliphatic hydroxyl groups is 1. The fraction of sp³-hybridized carbons (Fsp3) is 0.538. The molecular formula is C13H21NO4S. The van der Waals surface area contributed by atoms with Crippen molar-refractivity contribution < 1.29 is 18.3 Å². The minimum absolute atomic E-state index is 0.0349. The summed E-state index contributed by atoms with van der Waals surface area (Å²) in [6, 6.07) is 8.38. The molecule has 0 fully saturated rings. The van der Waals surface area contributed by atoms with E-state index in [9.17, 15) is 13.5 Å². The van der Waals surface area contributed by atoms with Gasteiger partial charge < -0.3 is 14.7 Å². The van der Waals surface area contributed by atoms with Crippen LogP contribution in [0.2, 0.25) is 0 Å². The molecule has 0 saturated carbocycles. The quantitative estimate of drug-likeness (QED) is 0.749. The van der Waals surface area contributed by atoms with Crippen LogP contribution in [0.5, 0.6) is 0 Å². The molecule has 5 nitrogen and oxygen atoms in total. The average molecular weight is 287 g/mol. The van der Waals surface area contributed by atoms with Crippen LogP contribution in [0.4, 0.5) is 0 Å². The Labute approximate surface area is 114 Å². The molecule has 1 atom stereocenters. The van der Waals surface area contributed by atoms with Gasteiger partial charge in [-0.05, 0) is 19.2 Å². The van der Waals surface area contributed by atoms with Crippen molar-refractivity contribution in [1.82, 2.24) is 4.90 Å². The Morgan fingerprint density at radius 1 is 1.32 bits per heavy atom. The molecule has 0 saturated heterocycles. The van der Waals surface area contributed by atoms with Crippen molar-refractivity contribution in [3.63, 3.8) is 0 Å². The lowest BCUT2D eigenvalue weighted by atomic mass is 10.3. The molecular weight excluding hydrogens is 266 g/mol. The number of rotatable bonds is 8. The van der Waals surface area contributed by atoms with Gasteiger partial charge in [0, 0.05) is 20.2 Å². The Bertz CT molecular complexity index is 461. The van der Waals surface area contributed by atoms with Crippen molar-refractivity contribution in [3.05, 3.63) is 30.3 Å². The number of hydrogen-bond acceptors (Lipinski definition) is 5. The normalized spacial score (nSPS) is 13.7. The predicted octanol–water partition coefficient (Wildman–Crippen LogP) is 0.399. The summed E-state index contributed by atoms with van der Waals surface area (Å²) in [7, 11) is 0.0361. The van der Waals surface area contributed by atoms with Gasteiger partial charge in [0.05, 0.1) is 23.4 Å². The number of methoxy groups -OCH3 is 1. The van der Waals surface area contributed by atoms with E-state index < -0.39 is 15.9 Å². The summed E-state index contributed by atoms with van der Waals surface area (Å²) < 4.78 is 28.9. The summed E-state index contributed by atoms with van der Waals surface area (Å²) in [5, 5.41) is 9.55. The molecule has 0 heterocycles. The van der Waals surface area contributed by atoms with Crippen molar-refractivity contribution >= 4 is 9.84 Å². The monoisotopic (exact) mass is 287 g/mol. The van der Waals surface area contributed by atoms with Gasteiger partial charge in [-0.3, -0.25) is 0 Å². The Morgan fingerprint density at radius 3 is 2.53 bits per heavy atom. The van der Waals surface area contributed by atoms with Crippen LogP contribution in [0.3, 0.4) is 0 Å². The van der Waals surface area contributed by atoms with Gasteiger partial charge in [-0.25, -0.2) is 8.42 Å². The highest BCUT2D eigenvalue weighted by Crippen LogP contribution is 2.10. The van der Waals surface area contributed by atoms with E-state index in [0.717, 1.165) is 0 Å². The summed E-state index contributed by atoms with van der Waals surface area (Å²) in [4.78, 5) is 2.12. The van der Waals surface area contributed by atoms with Crippen molar-refractivity contribution in [2.45, 2.75) is 11.0 Å². The highest BCUT2D eigenvalue weighted by Gasteiger charge is 2.16. The minimum Gasteiger partial charge on any atom is -0.389 e. The Morgan fingerprint density at radius 2 is 1.95 bits per heavy atom. The summed E-state index contributed by atoms with van der Waals surface area (Å²) in [6.45, 7) is 1.01. The van der Waals surface area contributed by atoms with Crippen LogP contribution in [0, 0.1) is 0 Å². The van der Waals surface area contributed by atoms with Crippen molar-refractivity contribution in [2.24, 2.45) is 0 Å². The third-order valence-corrected chi connectivity index (χ3v) is 4.44. The third kappa shape index (κ3) is 5.69. The molecule has 0 spiro atoms. The van der Waals surface area contributed by atoms with Gasteiger partial charge >= 0.3 is 0 Å². The van der Waals surface area contributed by atoms with Crippen LogP contribution in [-0.2, 0) is 14.6 Å². The molecule has 108 valence electrons. The van der Waals surface area contributed by atoms with Gasteiger partial charge in [0.2, 0.25) is 0 Å². The number of benzene rings is 1. The molecule has 1 N–H and O–H groups in total. The standard InChI is InChI=1S/C13H21NO4S/c1-14(10-12(15)11-18-2)8-9-19(16,17)13-6-4-3-5-7-13/h3-7,12,15H,8-11H2,1-2H3. The zero-order valence-electron chi connectivity index (χ0n) is 11.3. The Hall–Kier alpha value is -0.950. The summed E-state index contributed by atoms with van der Waals surface area (Å²) in [6.07, 6.45) is -0.602. The van der Waals surface area contributed by atoms with Gasteiger partial charge in [0.1, 0.15) is 0 Å². The van der Waals surface area contributed by atoms with Crippen LogP contribution < -0.4 is 0 Å². The zero-order chi connectivity index (χ0) is 14.3. The van der Waals surface area contributed by atoms with Crippen molar-refractivity contribution in [3.8, 4) is 0 Å². The molecule has 6 heteroatoms. The maximum Gasteiger partial charge on any atom is 0.179 e. The molecule has 0 aliphatic carbocycles. The smallest absolute Gasteiger partial charge is 0.179 e. The van der Waals surface area contributed by atoms with Crippen LogP contribution in [-0.4, -0.2) is 64.1 Å². The van der Waals surface area contributed by atoms with E-state index in [-0.39, 0.29) is 12.4 Å². The first-order valence-corrected chi connectivity index (χ1v) is 7.74. The molecule has 0 aliphatic heterocycles. The van der Waals surface area contributed by atoms with Gasteiger partial charge in [-0.1, -0.05) is 18.2 Å². The van der Waals surface area contributed by atoms with E-state index in [1.54, 1.807) is 42.3 Å². The van der Waals surface area contributed by atoms with Crippen molar-refractivity contribution in [1.29, 1.82) is 0 Å². The lowest BCUT2D eigenvalue weighted by Gasteiger charge is -2.19. The lowest BCUT2D eigenvalue weighted by Crippen LogP contribution is -2.34. The predicted molar refractivity (Wildman–Crippen MR) is 73.9 cm³/mol. The maximum atomic E-state index is 12.0. The van der Waals surface area contributed by atoms with Crippen molar-refractivity contribution in [2.75, 3.05) is 39.6 Å². The Kier molecular flexibility index (Phi) is 6.44. The topological polar surface area (TPSA) is 66.8 Å². The molecule has 1 unspecified atom stereocenters. The number of hydrogen-bond donors (Lipinski definition) is 1. The van der Waals surface area contributed by atoms with Crippen LogP contribution in [0.25, 0.3) is 0 Å². The fourth-order valence-electron chi connectivity index (χ4n) is 1.72. The lowest BCUT2D eigenvalue weighted by molar-refractivity contribution is 0.0444. The van der Waals surface area contributed by atoms with E-state index in [1.165, 1.54) is 7.11 Å². The maximum absolute atomic E-state index is 12.0. The van der Waals surface area contributed by atoms with Gasteiger partial charge in [-0.2, -0.15) is 0 Å². The summed E-state index contributed by atoms with van der Waals surface area (Å²) in [5.41, 5.74) is 0. The molecule has 0 aliphatic rings. The van der Waals surface area contributed by atoms with Gasteiger partial charge in [0.25, 0.3) is 0 Å². The molecule has 0 amide bonds. The van der Waals surface area contributed by atoms with Crippen LogP contribution in [0.15, 0.2) is 35.2 Å². The summed E-state index contributed by atoms with van der Waals surface area (Å²) in [5.74, 6) is 0.0349. The van der Waals surface area contributed by atoms with Gasteiger partial charge in [0.15, 0.2) is 9.84 Å². The molecule has 1 rings (SSSR count). The Balaban J connectivity index is 2.48. The average Bonchev–Trinajstić information content (AvgIpc) is 2.38. The SMILES string of the molecule is COCC(O)CN(C)CCS(=O)(=O)c1ccccc1. The minimum atomic E-state index is -3.26. The van der Waals surface area contributed by atoms with E-state index in [2.05, 4.69) is 0 Å². The number of sulfone groups is 1. The highest BCUT2D eigenvalue weighted by molar-refractivity contribution is 7.91. The first-order valence-electron chi connectivity index (χ1n) is 6.09. The number of nitrogens with zero attached hydrogens (tertiary/aromatic N) is 1. The summed E-state index contributed by atoms with van der Waals surface area (Å²) >= 11 is 0.